The number of aromatic nitrogens is 2. The number of benzene rings is 6. The molecular formula is C44H40N2OSi. The highest BCUT2D eigenvalue weighted by atomic mass is 28.4. The summed E-state index contributed by atoms with van der Waals surface area (Å²) in [5.74, 6) is 1.66. The molecule has 0 N–H and O–H groups in total. The summed E-state index contributed by atoms with van der Waals surface area (Å²) >= 11 is 0. The summed E-state index contributed by atoms with van der Waals surface area (Å²) in [6.45, 7) is 9.07. The monoisotopic (exact) mass is 640 g/mol. The first-order valence-corrected chi connectivity index (χ1v) is 18.5. The fourth-order valence-electron chi connectivity index (χ4n) is 6.76. The Bertz CT molecular complexity index is 2080. The van der Waals surface area contributed by atoms with Crippen molar-refractivity contribution in [3.63, 3.8) is 0 Å². The summed E-state index contributed by atoms with van der Waals surface area (Å²) in [6.07, 6.45) is 0. The Morgan fingerprint density at radius 3 is 1.56 bits per heavy atom. The van der Waals surface area contributed by atoms with E-state index in [1.165, 1.54) is 15.9 Å². The van der Waals surface area contributed by atoms with Crippen LogP contribution in [-0.4, -0.2) is 17.9 Å². The lowest BCUT2D eigenvalue weighted by atomic mass is 10.0. The zero-order chi connectivity index (χ0) is 33.1. The highest BCUT2D eigenvalue weighted by Crippen LogP contribution is 2.44. The molecular weight excluding hydrogens is 601 g/mol. The molecule has 4 heteroatoms. The van der Waals surface area contributed by atoms with Crippen molar-refractivity contribution in [3.05, 3.63) is 175 Å². The minimum atomic E-state index is -2.93. The van der Waals surface area contributed by atoms with Crippen LogP contribution in [0.5, 0.6) is 5.75 Å². The van der Waals surface area contributed by atoms with Gasteiger partial charge in [0, 0.05) is 16.8 Å². The van der Waals surface area contributed by atoms with Crippen LogP contribution in [-0.2, 0) is 0 Å². The van der Waals surface area contributed by atoms with Gasteiger partial charge in [0.1, 0.15) is 11.6 Å². The first-order valence-electron chi connectivity index (χ1n) is 16.6. The highest BCUT2D eigenvalue weighted by Gasteiger charge is 2.52. The quantitative estimate of drug-likeness (QED) is 0.155. The summed E-state index contributed by atoms with van der Waals surface area (Å²) < 4.78 is 9.99. The Morgan fingerprint density at radius 1 is 0.542 bits per heavy atom. The first kappa shape index (κ1) is 31.2. The van der Waals surface area contributed by atoms with Crippen LogP contribution in [0.25, 0.3) is 39.6 Å². The second-order valence-electron chi connectivity index (χ2n) is 13.3. The van der Waals surface area contributed by atoms with E-state index in [0.717, 1.165) is 45.3 Å². The van der Waals surface area contributed by atoms with Crippen molar-refractivity contribution in [3.8, 4) is 45.3 Å². The molecule has 0 aliphatic heterocycles. The molecule has 1 heterocycles. The SMILES string of the molecule is Cc1ccc(-n2c(-c3ccccc3O[Si](c3ccccc3)(c3ccccc3)C(C)(C)C)nc(-c3ccccc3)c2-c2ccccc2)cc1. The Kier molecular flexibility index (Phi) is 8.43. The van der Waals surface area contributed by atoms with Crippen molar-refractivity contribution in [2.24, 2.45) is 0 Å². The number of aryl methyl sites for hydroxylation is 1. The van der Waals surface area contributed by atoms with Gasteiger partial charge in [0.05, 0.1) is 17.0 Å². The predicted octanol–water partition coefficient (Wildman–Crippen LogP) is 10.1. The van der Waals surface area contributed by atoms with Crippen LogP contribution in [0.4, 0.5) is 0 Å². The van der Waals surface area contributed by atoms with Gasteiger partial charge in [0.15, 0.2) is 0 Å². The second-order valence-corrected chi connectivity index (χ2v) is 17.5. The van der Waals surface area contributed by atoms with Gasteiger partial charge >= 0.3 is 8.32 Å². The fourth-order valence-corrected chi connectivity index (χ4v) is 11.2. The third-order valence-corrected chi connectivity index (χ3v) is 14.0. The fraction of sp³-hybridized carbons (Fsp3) is 0.114. The zero-order valence-corrected chi connectivity index (χ0v) is 29.0. The van der Waals surface area contributed by atoms with E-state index in [1.54, 1.807) is 0 Å². The molecule has 236 valence electrons. The van der Waals surface area contributed by atoms with Crippen LogP contribution < -0.4 is 14.8 Å². The van der Waals surface area contributed by atoms with E-state index >= 15 is 0 Å². The maximum Gasteiger partial charge on any atom is 0.319 e. The molecule has 0 spiro atoms. The van der Waals surface area contributed by atoms with Crippen molar-refractivity contribution < 1.29 is 4.43 Å². The molecule has 0 unspecified atom stereocenters. The van der Waals surface area contributed by atoms with Gasteiger partial charge in [-0.15, -0.1) is 0 Å². The highest BCUT2D eigenvalue weighted by molar-refractivity contribution is 7.00. The van der Waals surface area contributed by atoms with Gasteiger partial charge in [0.25, 0.3) is 0 Å². The minimum Gasteiger partial charge on any atom is -0.533 e. The van der Waals surface area contributed by atoms with Gasteiger partial charge in [-0.05, 0) is 46.6 Å². The number of hydrogen-bond donors (Lipinski definition) is 0. The van der Waals surface area contributed by atoms with E-state index in [1.807, 2.05) is 0 Å². The van der Waals surface area contributed by atoms with Crippen LogP contribution in [0, 0.1) is 6.92 Å². The molecule has 7 aromatic rings. The lowest BCUT2D eigenvalue weighted by Crippen LogP contribution is -2.68. The molecule has 0 aliphatic carbocycles. The molecule has 3 nitrogen and oxygen atoms in total. The Labute approximate surface area is 285 Å². The third kappa shape index (κ3) is 5.69. The van der Waals surface area contributed by atoms with Crippen LogP contribution in [0.3, 0.4) is 0 Å². The van der Waals surface area contributed by atoms with Gasteiger partial charge < -0.3 is 4.43 Å². The van der Waals surface area contributed by atoms with Gasteiger partial charge in [-0.3, -0.25) is 4.57 Å². The number of hydrogen-bond acceptors (Lipinski definition) is 2. The van der Waals surface area contributed by atoms with Crippen LogP contribution in [0.1, 0.15) is 26.3 Å². The van der Waals surface area contributed by atoms with Crippen molar-refractivity contribution in [1.29, 1.82) is 0 Å². The molecule has 7 rings (SSSR count). The predicted molar refractivity (Wildman–Crippen MR) is 203 cm³/mol. The van der Waals surface area contributed by atoms with Crippen molar-refractivity contribution in [2.45, 2.75) is 32.7 Å². The molecule has 0 amide bonds. The van der Waals surface area contributed by atoms with Crippen molar-refractivity contribution >= 4 is 18.7 Å². The summed E-state index contributed by atoms with van der Waals surface area (Å²) in [4.78, 5) is 5.52. The smallest absolute Gasteiger partial charge is 0.319 e. The van der Waals surface area contributed by atoms with Crippen LogP contribution in [0.15, 0.2) is 170 Å². The van der Waals surface area contributed by atoms with E-state index in [4.69, 9.17) is 9.41 Å². The van der Waals surface area contributed by atoms with E-state index in [2.05, 4.69) is 202 Å². The molecule has 48 heavy (non-hydrogen) atoms. The van der Waals surface area contributed by atoms with Crippen LogP contribution >= 0.6 is 0 Å². The van der Waals surface area contributed by atoms with Gasteiger partial charge in [-0.1, -0.05) is 172 Å². The minimum absolute atomic E-state index is 0.195. The van der Waals surface area contributed by atoms with Gasteiger partial charge in [0.2, 0.25) is 0 Å². The van der Waals surface area contributed by atoms with E-state index in [9.17, 15) is 0 Å². The van der Waals surface area contributed by atoms with Gasteiger partial charge in [-0.25, -0.2) is 4.98 Å². The maximum absolute atomic E-state index is 7.68. The Morgan fingerprint density at radius 2 is 1.02 bits per heavy atom. The lowest BCUT2D eigenvalue weighted by molar-refractivity contribution is 0.509. The third-order valence-electron chi connectivity index (χ3n) is 9.07. The normalized spacial score (nSPS) is 11.8. The topological polar surface area (TPSA) is 27.1 Å². The maximum atomic E-state index is 7.68. The summed E-state index contributed by atoms with van der Waals surface area (Å²) in [7, 11) is -2.93. The van der Waals surface area contributed by atoms with Crippen molar-refractivity contribution in [2.75, 3.05) is 0 Å². The molecule has 0 saturated carbocycles. The summed E-state index contributed by atoms with van der Waals surface area (Å²) in [5.41, 5.74) is 7.34. The average molecular weight is 641 g/mol. The van der Waals surface area contributed by atoms with E-state index in [0.29, 0.717) is 0 Å². The molecule has 0 aliphatic rings. The average Bonchev–Trinajstić information content (AvgIpc) is 3.52. The summed E-state index contributed by atoms with van der Waals surface area (Å²) in [6, 6.07) is 59.9. The number of nitrogens with zero attached hydrogens (tertiary/aromatic N) is 2. The lowest BCUT2D eigenvalue weighted by Gasteiger charge is -2.43. The first-order chi connectivity index (χ1) is 23.4. The molecule has 0 atom stereocenters. The number of para-hydroxylation sites is 1. The van der Waals surface area contributed by atoms with Crippen molar-refractivity contribution in [1.82, 2.24) is 9.55 Å². The molecule has 6 aromatic carbocycles. The number of rotatable bonds is 8. The second kappa shape index (κ2) is 13.0. The zero-order valence-electron chi connectivity index (χ0n) is 28.0. The molecule has 0 saturated heterocycles. The summed E-state index contributed by atoms with van der Waals surface area (Å²) in [5, 5.41) is 2.27. The molecule has 1 aromatic heterocycles. The van der Waals surface area contributed by atoms with E-state index < -0.39 is 8.32 Å². The standard InChI is InChI=1S/C44H40N2OSi/c1-33-29-31-36(32-30-33)46-42(35-21-11-6-12-22-35)41(34-19-9-5-10-20-34)45-43(46)39-27-17-18-28-40(39)47-48(44(2,3)4,37-23-13-7-14-24-37)38-25-15-8-16-26-38/h5-32H,1-4H3. The van der Waals surface area contributed by atoms with E-state index in [-0.39, 0.29) is 5.04 Å². The molecule has 0 fully saturated rings. The molecule has 0 radical (unpaired) electrons. The number of imidazole rings is 1. The van der Waals surface area contributed by atoms with Gasteiger partial charge in [-0.2, -0.15) is 0 Å². The molecule has 0 bridgehead atoms. The Hall–Kier alpha value is -5.45. The largest absolute Gasteiger partial charge is 0.533 e. The van der Waals surface area contributed by atoms with Crippen LogP contribution in [0.2, 0.25) is 5.04 Å². The Balaban J connectivity index is 1.53.